The Kier molecular flexibility index (Phi) is 5.93. The van der Waals surface area contributed by atoms with Crippen molar-refractivity contribution < 1.29 is 19.1 Å². The summed E-state index contributed by atoms with van der Waals surface area (Å²) in [5.74, 6) is -1.08. The second-order valence-electron chi connectivity index (χ2n) is 6.13. The molecule has 1 aromatic heterocycles. The Balaban J connectivity index is 2.09. The standard InChI is InChI=1S/C18H19BrFN3O4/c1-10-16(21-13-5-4-11(19)9-12(13)20)15(17(25)22-27-8-7-24)14-3-2-6-23(14)18(10)26/h4-5,9,21,24H,2-3,6-8H2,1H3,(H,22,25). The Hall–Kier alpha value is -2.23. The highest BCUT2D eigenvalue weighted by Crippen LogP contribution is 2.31. The third kappa shape index (κ3) is 3.90. The minimum absolute atomic E-state index is 0.0657. The molecule has 0 atom stereocenters. The first-order valence-electron chi connectivity index (χ1n) is 8.45. The van der Waals surface area contributed by atoms with E-state index in [2.05, 4.69) is 26.7 Å². The fourth-order valence-electron chi connectivity index (χ4n) is 3.14. The van der Waals surface area contributed by atoms with Crippen molar-refractivity contribution in [1.29, 1.82) is 0 Å². The predicted octanol–water partition coefficient (Wildman–Crippen LogP) is 2.40. The van der Waals surface area contributed by atoms with E-state index in [-0.39, 0.29) is 35.7 Å². The zero-order valence-corrected chi connectivity index (χ0v) is 16.2. The van der Waals surface area contributed by atoms with Gasteiger partial charge in [0.15, 0.2) is 0 Å². The minimum Gasteiger partial charge on any atom is -0.394 e. The summed E-state index contributed by atoms with van der Waals surface area (Å²) in [5, 5.41) is 11.7. The molecule has 2 aromatic rings. The van der Waals surface area contributed by atoms with E-state index in [0.29, 0.717) is 28.7 Å². The largest absolute Gasteiger partial charge is 0.394 e. The fourth-order valence-corrected chi connectivity index (χ4v) is 3.47. The number of hydrogen-bond acceptors (Lipinski definition) is 5. The molecule has 0 unspecified atom stereocenters. The van der Waals surface area contributed by atoms with E-state index in [1.807, 2.05) is 0 Å². The topological polar surface area (TPSA) is 92.6 Å². The molecule has 0 aliphatic carbocycles. The maximum atomic E-state index is 14.3. The van der Waals surface area contributed by atoms with Crippen molar-refractivity contribution >= 4 is 33.2 Å². The third-order valence-electron chi connectivity index (χ3n) is 4.38. The molecule has 0 radical (unpaired) electrons. The minimum atomic E-state index is -0.558. The lowest BCUT2D eigenvalue weighted by molar-refractivity contribution is 0.0168. The van der Waals surface area contributed by atoms with Crippen LogP contribution in [0.15, 0.2) is 27.5 Å². The van der Waals surface area contributed by atoms with Gasteiger partial charge in [0.25, 0.3) is 11.5 Å². The molecule has 1 aromatic carbocycles. The van der Waals surface area contributed by atoms with Crippen molar-refractivity contribution in [1.82, 2.24) is 10.0 Å². The van der Waals surface area contributed by atoms with Gasteiger partial charge in [0, 0.05) is 22.3 Å². The molecule has 0 saturated carbocycles. The molecule has 3 rings (SSSR count). The number of aromatic nitrogens is 1. The number of nitrogens with zero attached hydrogens (tertiary/aromatic N) is 1. The number of aliphatic hydroxyl groups is 1. The number of amides is 1. The second-order valence-corrected chi connectivity index (χ2v) is 7.05. The Morgan fingerprint density at radius 2 is 2.22 bits per heavy atom. The van der Waals surface area contributed by atoms with E-state index in [4.69, 9.17) is 9.94 Å². The molecular formula is C18H19BrFN3O4. The Labute approximate surface area is 163 Å². The molecule has 9 heteroatoms. The first kappa shape index (κ1) is 19.5. The van der Waals surface area contributed by atoms with Gasteiger partial charge in [-0.2, -0.15) is 0 Å². The maximum absolute atomic E-state index is 14.3. The number of pyridine rings is 1. The fraction of sp³-hybridized carbons (Fsp3) is 0.333. The number of fused-ring (bicyclic) bond motifs is 1. The third-order valence-corrected chi connectivity index (χ3v) is 4.87. The van der Waals surface area contributed by atoms with Crippen molar-refractivity contribution in [2.24, 2.45) is 0 Å². The van der Waals surface area contributed by atoms with Crippen LogP contribution in [0.2, 0.25) is 0 Å². The van der Waals surface area contributed by atoms with Crippen molar-refractivity contribution in [3.05, 3.63) is 55.7 Å². The highest BCUT2D eigenvalue weighted by atomic mass is 79.9. The number of anilines is 2. The number of aliphatic hydroxyl groups excluding tert-OH is 1. The molecular weight excluding hydrogens is 421 g/mol. The quantitative estimate of drug-likeness (QED) is 0.474. The first-order valence-corrected chi connectivity index (χ1v) is 9.24. The second kappa shape index (κ2) is 8.20. The summed E-state index contributed by atoms with van der Waals surface area (Å²) in [5.41, 5.74) is 3.59. The molecule has 0 fully saturated rings. The van der Waals surface area contributed by atoms with Crippen molar-refractivity contribution in [3.63, 3.8) is 0 Å². The highest BCUT2D eigenvalue weighted by molar-refractivity contribution is 9.10. The van der Waals surface area contributed by atoms with E-state index >= 15 is 0 Å². The van der Waals surface area contributed by atoms with Crippen molar-refractivity contribution in [2.45, 2.75) is 26.3 Å². The summed E-state index contributed by atoms with van der Waals surface area (Å²) in [7, 11) is 0. The van der Waals surface area contributed by atoms with Gasteiger partial charge in [-0.05, 0) is 38.0 Å². The molecule has 27 heavy (non-hydrogen) atoms. The number of carbonyl (C=O) groups is 1. The molecule has 0 bridgehead atoms. The van der Waals surface area contributed by atoms with E-state index in [1.54, 1.807) is 17.6 Å². The van der Waals surface area contributed by atoms with Gasteiger partial charge in [-0.1, -0.05) is 15.9 Å². The Morgan fingerprint density at radius 3 is 2.93 bits per heavy atom. The number of hydroxylamine groups is 1. The van der Waals surface area contributed by atoms with E-state index < -0.39 is 11.7 Å². The Morgan fingerprint density at radius 1 is 1.44 bits per heavy atom. The molecule has 1 aliphatic heterocycles. The maximum Gasteiger partial charge on any atom is 0.278 e. The van der Waals surface area contributed by atoms with Crippen molar-refractivity contribution in [3.8, 4) is 0 Å². The van der Waals surface area contributed by atoms with Gasteiger partial charge < -0.3 is 15.0 Å². The summed E-state index contributed by atoms with van der Waals surface area (Å²) >= 11 is 3.20. The van der Waals surface area contributed by atoms with Gasteiger partial charge in [-0.15, -0.1) is 0 Å². The highest BCUT2D eigenvalue weighted by Gasteiger charge is 2.27. The van der Waals surface area contributed by atoms with Crippen LogP contribution in [-0.2, 0) is 17.8 Å². The zero-order valence-electron chi connectivity index (χ0n) is 14.6. The van der Waals surface area contributed by atoms with Gasteiger partial charge in [-0.25, -0.2) is 9.87 Å². The SMILES string of the molecule is Cc1c(Nc2ccc(Br)cc2F)c(C(=O)NOCCO)c2n(c1=O)CCC2. The number of carbonyl (C=O) groups excluding carboxylic acids is 1. The van der Waals surface area contributed by atoms with Crippen LogP contribution < -0.4 is 16.4 Å². The monoisotopic (exact) mass is 439 g/mol. The van der Waals surface area contributed by atoms with Gasteiger partial charge in [0.1, 0.15) is 5.82 Å². The van der Waals surface area contributed by atoms with Crippen LogP contribution in [0.25, 0.3) is 0 Å². The summed E-state index contributed by atoms with van der Waals surface area (Å²) < 4.78 is 16.4. The van der Waals surface area contributed by atoms with Crippen LogP contribution >= 0.6 is 15.9 Å². The number of hydrogen-bond donors (Lipinski definition) is 3. The summed E-state index contributed by atoms with van der Waals surface area (Å²) in [6.07, 6.45) is 1.29. The summed E-state index contributed by atoms with van der Waals surface area (Å²) in [6, 6.07) is 4.47. The molecule has 2 heterocycles. The molecule has 1 amide bonds. The number of rotatable bonds is 6. The average molecular weight is 440 g/mol. The smallest absolute Gasteiger partial charge is 0.278 e. The lowest BCUT2D eigenvalue weighted by Gasteiger charge is -2.19. The van der Waals surface area contributed by atoms with Gasteiger partial charge in [0.05, 0.1) is 30.2 Å². The lowest BCUT2D eigenvalue weighted by Crippen LogP contribution is -2.32. The van der Waals surface area contributed by atoms with E-state index in [0.717, 1.165) is 6.42 Å². The molecule has 3 N–H and O–H groups in total. The van der Waals surface area contributed by atoms with Crippen LogP contribution in [0.1, 0.15) is 28.0 Å². The van der Waals surface area contributed by atoms with E-state index in [9.17, 15) is 14.0 Å². The Bertz CT molecular complexity index is 945. The number of halogens is 2. The normalized spacial score (nSPS) is 12.7. The van der Waals surface area contributed by atoms with Crippen LogP contribution in [0.5, 0.6) is 0 Å². The molecule has 1 aliphatic rings. The molecule has 0 spiro atoms. The zero-order chi connectivity index (χ0) is 19.6. The van der Waals surface area contributed by atoms with Gasteiger partial charge in [0.2, 0.25) is 0 Å². The number of nitrogens with one attached hydrogen (secondary N) is 2. The van der Waals surface area contributed by atoms with Gasteiger partial charge in [-0.3, -0.25) is 14.4 Å². The van der Waals surface area contributed by atoms with Crippen LogP contribution in [-0.4, -0.2) is 28.8 Å². The first-order chi connectivity index (χ1) is 12.9. The van der Waals surface area contributed by atoms with Gasteiger partial charge >= 0.3 is 0 Å². The summed E-state index contributed by atoms with van der Waals surface area (Å²) in [4.78, 5) is 30.3. The van der Waals surface area contributed by atoms with E-state index in [1.165, 1.54) is 12.1 Å². The predicted molar refractivity (Wildman–Crippen MR) is 102 cm³/mol. The molecule has 144 valence electrons. The lowest BCUT2D eigenvalue weighted by atomic mass is 10.0. The van der Waals surface area contributed by atoms with Crippen LogP contribution in [0, 0.1) is 12.7 Å². The van der Waals surface area contributed by atoms with Crippen molar-refractivity contribution in [2.75, 3.05) is 18.5 Å². The average Bonchev–Trinajstić information content (AvgIpc) is 3.11. The van der Waals surface area contributed by atoms with Crippen LogP contribution in [0.3, 0.4) is 0 Å². The van der Waals surface area contributed by atoms with Crippen LogP contribution in [0.4, 0.5) is 15.8 Å². The molecule has 7 nitrogen and oxygen atoms in total. The summed E-state index contributed by atoms with van der Waals surface area (Å²) in [6.45, 7) is 1.81. The molecule has 0 saturated heterocycles. The number of benzene rings is 1.